The van der Waals surface area contributed by atoms with E-state index in [0.717, 1.165) is 22.9 Å². The van der Waals surface area contributed by atoms with Crippen LogP contribution in [0.1, 0.15) is 24.7 Å². The molecule has 0 amide bonds. The van der Waals surface area contributed by atoms with Gasteiger partial charge in [-0.1, -0.05) is 6.92 Å². The highest BCUT2D eigenvalue weighted by molar-refractivity contribution is 7.99. The maximum atomic E-state index is 11.1. The summed E-state index contributed by atoms with van der Waals surface area (Å²) in [6, 6.07) is 1.22. The number of hydrogen-bond donors (Lipinski definition) is 2. The fraction of sp³-hybridized carbons (Fsp3) is 0.583. The lowest BCUT2D eigenvalue weighted by atomic mass is 10.2. The summed E-state index contributed by atoms with van der Waals surface area (Å²) < 4.78 is 0. The second-order valence-corrected chi connectivity index (χ2v) is 5.39. The minimum absolute atomic E-state index is 0.390. The van der Waals surface area contributed by atoms with Gasteiger partial charge in [0.05, 0.1) is 0 Å². The first-order chi connectivity index (χ1) is 8.52. The van der Waals surface area contributed by atoms with Crippen LogP contribution in [0, 0.1) is 13.8 Å². The first-order valence-corrected chi connectivity index (χ1v) is 7.07. The molecular formula is C12H19N3O2S. The molecule has 0 radical (unpaired) electrons. The average Bonchev–Trinajstić information content (AvgIpc) is 2.26. The van der Waals surface area contributed by atoms with Crippen LogP contribution in [0.4, 0.5) is 5.95 Å². The van der Waals surface area contributed by atoms with Crippen molar-refractivity contribution in [2.24, 2.45) is 0 Å². The standard InChI is InChI=1S/C12H19N3O2S/c1-4-18-6-5-10(11(16)17)15-12-13-8(2)7-9(3)14-12/h7,10H,4-6H2,1-3H3,(H,16,17)(H,13,14,15). The van der Waals surface area contributed by atoms with Crippen molar-refractivity contribution in [2.75, 3.05) is 16.8 Å². The Balaban J connectivity index is 2.67. The summed E-state index contributed by atoms with van der Waals surface area (Å²) in [5, 5.41) is 12.0. The van der Waals surface area contributed by atoms with E-state index in [9.17, 15) is 4.79 Å². The number of nitrogens with one attached hydrogen (secondary N) is 1. The van der Waals surface area contributed by atoms with Gasteiger partial charge in [0, 0.05) is 11.4 Å². The van der Waals surface area contributed by atoms with E-state index in [4.69, 9.17) is 5.11 Å². The highest BCUT2D eigenvalue weighted by Gasteiger charge is 2.18. The molecule has 0 saturated carbocycles. The number of rotatable bonds is 7. The summed E-state index contributed by atoms with van der Waals surface area (Å²) in [6.45, 7) is 5.78. The number of hydrogen-bond acceptors (Lipinski definition) is 5. The summed E-state index contributed by atoms with van der Waals surface area (Å²) in [5.74, 6) is 1.33. The van der Waals surface area contributed by atoms with Crippen LogP contribution in [-0.4, -0.2) is 38.6 Å². The van der Waals surface area contributed by atoms with Gasteiger partial charge in [-0.15, -0.1) is 0 Å². The third-order valence-electron chi connectivity index (χ3n) is 2.34. The summed E-state index contributed by atoms with van der Waals surface area (Å²) >= 11 is 1.73. The summed E-state index contributed by atoms with van der Waals surface area (Å²) in [5.41, 5.74) is 1.66. The lowest BCUT2D eigenvalue weighted by molar-refractivity contribution is -0.137. The van der Waals surface area contributed by atoms with Gasteiger partial charge in [0.25, 0.3) is 0 Å². The van der Waals surface area contributed by atoms with Crippen LogP contribution >= 0.6 is 11.8 Å². The van der Waals surface area contributed by atoms with Gasteiger partial charge in [0.2, 0.25) is 5.95 Å². The van der Waals surface area contributed by atoms with E-state index in [1.54, 1.807) is 11.8 Å². The molecule has 1 aromatic heterocycles. The monoisotopic (exact) mass is 269 g/mol. The Morgan fingerprint density at radius 3 is 2.56 bits per heavy atom. The zero-order valence-corrected chi connectivity index (χ0v) is 11.8. The van der Waals surface area contributed by atoms with E-state index in [1.807, 2.05) is 19.9 Å². The van der Waals surface area contributed by atoms with Crippen molar-refractivity contribution in [3.8, 4) is 0 Å². The maximum absolute atomic E-state index is 11.1. The van der Waals surface area contributed by atoms with Gasteiger partial charge in [-0.05, 0) is 37.8 Å². The molecule has 1 aromatic rings. The minimum Gasteiger partial charge on any atom is -0.480 e. The largest absolute Gasteiger partial charge is 0.480 e. The number of nitrogens with zero attached hydrogens (tertiary/aromatic N) is 2. The molecule has 0 saturated heterocycles. The normalized spacial score (nSPS) is 12.2. The molecule has 18 heavy (non-hydrogen) atoms. The van der Waals surface area contributed by atoms with Gasteiger partial charge in [0.15, 0.2) is 0 Å². The Hall–Kier alpha value is -1.30. The third kappa shape index (κ3) is 4.91. The molecule has 0 aliphatic carbocycles. The number of aromatic nitrogens is 2. The first-order valence-electron chi connectivity index (χ1n) is 5.92. The van der Waals surface area contributed by atoms with Crippen molar-refractivity contribution < 1.29 is 9.90 Å². The number of carboxylic acid groups (broad SMARTS) is 1. The number of carboxylic acids is 1. The zero-order chi connectivity index (χ0) is 13.5. The summed E-state index contributed by atoms with van der Waals surface area (Å²) in [6.07, 6.45) is 0.560. The Morgan fingerprint density at radius 2 is 2.06 bits per heavy atom. The molecule has 0 aromatic carbocycles. The Kier molecular flexibility index (Phi) is 5.91. The molecular weight excluding hydrogens is 250 g/mol. The highest BCUT2D eigenvalue weighted by atomic mass is 32.2. The number of carbonyl (C=O) groups is 1. The fourth-order valence-electron chi connectivity index (χ4n) is 1.55. The number of aryl methyl sites for hydroxylation is 2. The second-order valence-electron chi connectivity index (χ2n) is 4.00. The van der Waals surface area contributed by atoms with E-state index in [0.29, 0.717) is 12.4 Å². The smallest absolute Gasteiger partial charge is 0.326 e. The van der Waals surface area contributed by atoms with Crippen molar-refractivity contribution in [1.29, 1.82) is 0 Å². The predicted molar refractivity (Wildman–Crippen MR) is 74.2 cm³/mol. The van der Waals surface area contributed by atoms with Crippen LogP contribution in [0.5, 0.6) is 0 Å². The van der Waals surface area contributed by atoms with Crippen molar-refractivity contribution >= 4 is 23.7 Å². The predicted octanol–water partition coefficient (Wildman–Crippen LogP) is 2.10. The summed E-state index contributed by atoms with van der Waals surface area (Å²) in [4.78, 5) is 19.5. The van der Waals surface area contributed by atoms with Crippen LogP contribution in [-0.2, 0) is 4.79 Å². The molecule has 1 atom stereocenters. The molecule has 0 spiro atoms. The molecule has 1 heterocycles. The van der Waals surface area contributed by atoms with E-state index < -0.39 is 12.0 Å². The van der Waals surface area contributed by atoms with Gasteiger partial charge < -0.3 is 10.4 Å². The molecule has 1 rings (SSSR count). The molecule has 0 bridgehead atoms. The van der Waals surface area contributed by atoms with Crippen LogP contribution in [0.15, 0.2) is 6.07 Å². The van der Waals surface area contributed by atoms with Crippen molar-refractivity contribution in [3.05, 3.63) is 17.5 Å². The quantitative estimate of drug-likeness (QED) is 0.738. The van der Waals surface area contributed by atoms with Crippen LogP contribution in [0.25, 0.3) is 0 Å². The van der Waals surface area contributed by atoms with Crippen molar-refractivity contribution in [3.63, 3.8) is 0 Å². The molecule has 6 heteroatoms. The van der Waals surface area contributed by atoms with Gasteiger partial charge >= 0.3 is 5.97 Å². The molecule has 0 fully saturated rings. The minimum atomic E-state index is -0.866. The lowest BCUT2D eigenvalue weighted by Crippen LogP contribution is -2.31. The fourth-order valence-corrected chi connectivity index (χ4v) is 2.24. The highest BCUT2D eigenvalue weighted by Crippen LogP contribution is 2.10. The zero-order valence-electron chi connectivity index (χ0n) is 10.9. The van der Waals surface area contributed by atoms with Gasteiger partial charge in [-0.25, -0.2) is 14.8 Å². The van der Waals surface area contributed by atoms with Crippen LogP contribution in [0.3, 0.4) is 0 Å². The van der Waals surface area contributed by atoms with E-state index in [-0.39, 0.29) is 0 Å². The number of anilines is 1. The van der Waals surface area contributed by atoms with Gasteiger partial charge in [-0.3, -0.25) is 0 Å². The van der Waals surface area contributed by atoms with E-state index in [1.165, 1.54) is 0 Å². The second kappa shape index (κ2) is 7.20. The number of thioether (sulfide) groups is 1. The number of aliphatic carboxylic acids is 1. The SMILES string of the molecule is CCSCCC(Nc1nc(C)cc(C)n1)C(=O)O. The van der Waals surface area contributed by atoms with Crippen molar-refractivity contribution in [1.82, 2.24) is 9.97 Å². The third-order valence-corrected chi connectivity index (χ3v) is 3.27. The molecule has 1 unspecified atom stereocenters. The molecule has 5 nitrogen and oxygen atoms in total. The molecule has 0 aliphatic heterocycles. The average molecular weight is 269 g/mol. The summed E-state index contributed by atoms with van der Waals surface area (Å²) in [7, 11) is 0. The topological polar surface area (TPSA) is 75.1 Å². The Labute approximate surface area is 111 Å². The Morgan fingerprint density at radius 1 is 1.44 bits per heavy atom. The first kappa shape index (κ1) is 14.8. The maximum Gasteiger partial charge on any atom is 0.326 e. The lowest BCUT2D eigenvalue weighted by Gasteiger charge is -2.14. The van der Waals surface area contributed by atoms with Gasteiger partial charge in [-0.2, -0.15) is 11.8 Å². The molecule has 0 aliphatic rings. The van der Waals surface area contributed by atoms with E-state index >= 15 is 0 Å². The van der Waals surface area contributed by atoms with Crippen LogP contribution in [0.2, 0.25) is 0 Å². The van der Waals surface area contributed by atoms with Gasteiger partial charge in [0.1, 0.15) is 6.04 Å². The molecule has 2 N–H and O–H groups in total. The molecule has 100 valence electrons. The Bertz CT molecular complexity index is 392. The van der Waals surface area contributed by atoms with Crippen LogP contribution < -0.4 is 5.32 Å². The van der Waals surface area contributed by atoms with Crippen molar-refractivity contribution in [2.45, 2.75) is 33.2 Å². The van der Waals surface area contributed by atoms with E-state index in [2.05, 4.69) is 22.2 Å².